The van der Waals surface area contributed by atoms with E-state index < -0.39 is 5.41 Å². The van der Waals surface area contributed by atoms with Gasteiger partial charge in [0.05, 0.1) is 10.4 Å². The van der Waals surface area contributed by atoms with E-state index in [0.29, 0.717) is 5.02 Å². The zero-order valence-electron chi connectivity index (χ0n) is 28.5. The average molecular weight is 700 g/mol. The van der Waals surface area contributed by atoms with Crippen LogP contribution in [0.1, 0.15) is 22.3 Å². The van der Waals surface area contributed by atoms with E-state index in [1.54, 1.807) is 0 Å². The molecule has 0 amide bonds. The van der Waals surface area contributed by atoms with Crippen LogP contribution < -0.4 is 9.64 Å². The highest BCUT2D eigenvalue weighted by atomic mass is 35.5. The molecule has 11 rings (SSSR count). The maximum absolute atomic E-state index is 6.64. The van der Waals surface area contributed by atoms with E-state index in [4.69, 9.17) is 20.8 Å². The first-order chi connectivity index (χ1) is 26.2. The van der Waals surface area contributed by atoms with Crippen LogP contribution in [-0.4, -0.2) is 0 Å². The van der Waals surface area contributed by atoms with Gasteiger partial charge in [0.2, 0.25) is 0 Å². The molecule has 1 aliphatic carbocycles. The highest BCUT2D eigenvalue weighted by molar-refractivity contribution is 6.37. The van der Waals surface area contributed by atoms with Crippen molar-refractivity contribution in [3.63, 3.8) is 0 Å². The Morgan fingerprint density at radius 1 is 0.434 bits per heavy atom. The molecule has 0 saturated carbocycles. The van der Waals surface area contributed by atoms with Crippen molar-refractivity contribution in [2.75, 3.05) is 4.90 Å². The Labute approximate surface area is 311 Å². The summed E-state index contributed by atoms with van der Waals surface area (Å²) in [5.41, 5.74) is 13.8. The van der Waals surface area contributed by atoms with Gasteiger partial charge >= 0.3 is 0 Å². The van der Waals surface area contributed by atoms with Crippen molar-refractivity contribution in [3.05, 3.63) is 209 Å². The Bertz CT molecular complexity index is 2850. The van der Waals surface area contributed by atoms with Gasteiger partial charge in [-0.1, -0.05) is 121 Å². The first-order valence-electron chi connectivity index (χ1n) is 17.9. The quantitative estimate of drug-likeness (QED) is 0.183. The summed E-state index contributed by atoms with van der Waals surface area (Å²) in [5.74, 6) is 1.78. The number of anilines is 3. The van der Waals surface area contributed by atoms with Gasteiger partial charge in [-0.3, -0.25) is 0 Å². The monoisotopic (exact) mass is 699 g/mol. The number of nitrogens with zero attached hydrogens (tertiary/aromatic N) is 1. The van der Waals surface area contributed by atoms with E-state index in [1.807, 2.05) is 24.3 Å². The summed E-state index contributed by atoms with van der Waals surface area (Å²) in [5, 5.41) is 2.66. The molecule has 8 aromatic carbocycles. The lowest BCUT2D eigenvalue weighted by Gasteiger charge is -2.39. The summed E-state index contributed by atoms with van der Waals surface area (Å²) in [6, 6.07) is 64.4. The largest absolute Gasteiger partial charge is 0.457 e. The van der Waals surface area contributed by atoms with Gasteiger partial charge in [-0.2, -0.15) is 0 Å². The molecule has 1 aliphatic heterocycles. The van der Waals surface area contributed by atoms with Gasteiger partial charge in [0.1, 0.15) is 22.7 Å². The second kappa shape index (κ2) is 11.5. The molecule has 0 saturated heterocycles. The molecule has 250 valence electrons. The molecule has 9 aromatic rings. The number of fused-ring (bicyclic) bond motifs is 12. The fraction of sp³-hybridized carbons (Fsp3) is 0.0204. The maximum Gasteiger partial charge on any atom is 0.136 e. The van der Waals surface area contributed by atoms with Crippen molar-refractivity contribution in [1.29, 1.82) is 0 Å². The molecule has 0 fully saturated rings. The van der Waals surface area contributed by atoms with E-state index >= 15 is 0 Å². The number of rotatable bonds is 4. The van der Waals surface area contributed by atoms with Gasteiger partial charge in [0.15, 0.2) is 0 Å². The zero-order valence-corrected chi connectivity index (χ0v) is 29.2. The molecule has 1 aromatic heterocycles. The molecular formula is C49H30ClNO2. The highest BCUT2D eigenvalue weighted by Crippen LogP contribution is 2.62. The van der Waals surface area contributed by atoms with Crippen LogP contribution >= 0.6 is 11.6 Å². The Balaban J connectivity index is 1.09. The summed E-state index contributed by atoms with van der Waals surface area (Å²) in [7, 11) is 0. The minimum atomic E-state index is -0.543. The first-order valence-corrected chi connectivity index (χ1v) is 18.2. The second-order valence-corrected chi connectivity index (χ2v) is 14.2. The zero-order chi connectivity index (χ0) is 35.1. The van der Waals surface area contributed by atoms with Crippen LogP contribution in [0, 0.1) is 0 Å². The lowest BCUT2D eigenvalue weighted by atomic mass is 9.66. The molecule has 0 bridgehead atoms. The molecule has 0 atom stereocenters. The van der Waals surface area contributed by atoms with Gasteiger partial charge in [-0.05, 0) is 106 Å². The fourth-order valence-electron chi connectivity index (χ4n) is 8.77. The number of para-hydroxylation sites is 3. The van der Waals surface area contributed by atoms with Crippen molar-refractivity contribution >= 4 is 50.6 Å². The van der Waals surface area contributed by atoms with E-state index in [9.17, 15) is 0 Å². The third-order valence-electron chi connectivity index (χ3n) is 11.0. The number of furan rings is 1. The van der Waals surface area contributed by atoms with Crippen molar-refractivity contribution in [3.8, 4) is 33.8 Å². The van der Waals surface area contributed by atoms with Crippen LogP contribution in [0.25, 0.3) is 44.2 Å². The second-order valence-electron chi connectivity index (χ2n) is 13.8. The predicted molar refractivity (Wildman–Crippen MR) is 216 cm³/mol. The minimum Gasteiger partial charge on any atom is -0.457 e. The minimum absolute atomic E-state index is 0.543. The fourth-order valence-corrected chi connectivity index (χ4v) is 9.04. The molecule has 2 aliphatic rings. The molecule has 53 heavy (non-hydrogen) atoms. The molecule has 4 heteroatoms. The third-order valence-corrected chi connectivity index (χ3v) is 11.3. The van der Waals surface area contributed by atoms with Gasteiger partial charge in [0.25, 0.3) is 0 Å². The molecular weight excluding hydrogens is 670 g/mol. The first kappa shape index (κ1) is 30.1. The van der Waals surface area contributed by atoms with Crippen LogP contribution in [0.15, 0.2) is 186 Å². The van der Waals surface area contributed by atoms with Gasteiger partial charge in [-0.25, -0.2) is 0 Å². The lowest BCUT2D eigenvalue weighted by Crippen LogP contribution is -2.32. The SMILES string of the molecule is Clc1cccc2oc3ccc(-c4ccc(N(c5ccccc5)c5ccc6c(c5)C5(c7ccccc7Oc7ccccc75)c5ccccc5-6)cc4)cc3c12. The number of halogens is 1. The average Bonchev–Trinajstić information content (AvgIpc) is 3.73. The Hall–Kier alpha value is -6.55. The van der Waals surface area contributed by atoms with Crippen molar-refractivity contribution in [1.82, 2.24) is 0 Å². The summed E-state index contributed by atoms with van der Waals surface area (Å²) >= 11 is 6.64. The number of benzene rings is 8. The Morgan fingerprint density at radius 2 is 1.06 bits per heavy atom. The standard InChI is InChI=1S/C49H30ClNO2/c50-43-17-10-20-47-48(43)38-29-32(23-28-44(38)52-47)31-21-24-34(25-22-31)51(33-11-2-1-3-12-33)35-26-27-37-36-13-4-5-14-39(36)49(42(37)30-35)40-15-6-8-18-45(40)53-46-19-9-7-16-41(46)49/h1-30H. The summed E-state index contributed by atoms with van der Waals surface area (Å²) in [6.45, 7) is 0. The topological polar surface area (TPSA) is 25.6 Å². The van der Waals surface area contributed by atoms with E-state index in [1.165, 1.54) is 22.3 Å². The van der Waals surface area contributed by atoms with E-state index in [0.717, 1.165) is 72.8 Å². The number of ether oxygens (including phenoxy) is 1. The number of hydrogen-bond donors (Lipinski definition) is 0. The van der Waals surface area contributed by atoms with E-state index in [2.05, 4.69) is 163 Å². The van der Waals surface area contributed by atoms with Crippen molar-refractivity contribution in [2.24, 2.45) is 0 Å². The highest BCUT2D eigenvalue weighted by Gasteiger charge is 2.51. The van der Waals surface area contributed by atoms with Crippen molar-refractivity contribution in [2.45, 2.75) is 5.41 Å². The molecule has 0 unspecified atom stereocenters. The van der Waals surface area contributed by atoms with Crippen LogP contribution in [-0.2, 0) is 5.41 Å². The molecule has 0 N–H and O–H groups in total. The van der Waals surface area contributed by atoms with Crippen LogP contribution in [0.5, 0.6) is 11.5 Å². The third kappa shape index (κ3) is 4.35. The molecule has 1 spiro atoms. The smallest absolute Gasteiger partial charge is 0.136 e. The van der Waals surface area contributed by atoms with Crippen LogP contribution in [0.4, 0.5) is 17.1 Å². The normalized spacial score (nSPS) is 13.3. The van der Waals surface area contributed by atoms with Crippen LogP contribution in [0.2, 0.25) is 5.02 Å². The lowest BCUT2D eigenvalue weighted by molar-refractivity contribution is 0.436. The maximum atomic E-state index is 6.64. The van der Waals surface area contributed by atoms with E-state index in [-0.39, 0.29) is 0 Å². The molecule has 3 nitrogen and oxygen atoms in total. The molecule has 0 radical (unpaired) electrons. The Kier molecular flexibility index (Phi) is 6.52. The number of hydrogen-bond acceptors (Lipinski definition) is 3. The summed E-state index contributed by atoms with van der Waals surface area (Å²) in [4.78, 5) is 2.35. The van der Waals surface area contributed by atoms with Crippen LogP contribution in [0.3, 0.4) is 0 Å². The predicted octanol–water partition coefficient (Wildman–Crippen LogP) is 13.8. The molecule has 2 heterocycles. The summed E-state index contributed by atoms with van der Waals surface area (Å²) < 4.78 is 12.7. The van der Waals surface area contributed by atoms with Gasteiger partial charge in [-0.15, -0.1) is 0 Å². The Morgan fingerprint density at radius 3 is 1.83 bits per heavy atom. The van der Waals surface area contributed by atoms with Gasteiger partial charge in [0, 0.05) is 39.0 Å². The summed E-state index contributed by atoms with van der Waals surface area (Å²) in [6.07, 6.45) is 0. The van der Waals surface area contributed by atoms with Gasteiger partial charge < -0.3 is 14.1 Å². The van der Waals surface area contributed by atoms with Crippen molar-refractivity contribution < 1.29 is 9.15 Å².